The minimum absolute atomic E-state index is 0. The SMILES string of the molecule is CCNC(=NCc1ccc(Cl)nc1)NCc1ccc(C(F)(F)F)cc1.I. The van der Waals surface area contributed by atoms with Gasteiger partial charge in [0, 0.05) is 19.3 Å². The Labute approximate surface area is 172 Å². The topological polar surface area (TPSA) is 49.3 Å². The molecule has 1 aromatic heterocycles. The van der Waals surface area contributed by atoms with Crippen molar-refractivity contribution in [1.82, 2.24) is 15.6 Å². The fourth-order valence-electron chi connectivity index (χ4n) is 2.01. The first kappa shape index (κ1) is 22.5. The van der Waals surface area contributed by atoms with Gasteiger partial charge in [-0.3, -0.25) is 0 Å². The van der Waals surface area contributed by atoms with E-state index in [9.17, 15) is 13.2 Å². The highest BCUT2D eigenvalue weighted by Crippen LogP contribution is 2.29. The molecule has 0 aliphatic carbocycles. The number of nitrogens with one attached hydrogen (secondary N) is 2. The average molecular weight is 499 g/mol. The van der Waals surface area contributed by atoms with Crippen LogP contribution in [0.2, 0.25) is 5.15 Å². The molecule has 0 radical (unpaired) electrons. The smallest absolute Gasteiger partial charge is 0.357 e. The molecular formula is C17H19ClF3IN4. The second-order valence-corrected chi connectivity index (χ2v) is 5.62. The van der Waals surface area contributed by atoms with Crippen molar-refractivity contribution in [1.29, 1.82) is 0 Å². The van der Waals surface area contributed by atoms with Crippen LogP contribution in [-0.2, 0) is 19.3 Å². The van der Waals surface area contributed by atoms with Crippen LogP contribution in [0.4, 0.5) is 13.2 Å². The van der Waals surface area contributed by atoms with Crippen LogP contribution in [0.15, 0.2) is 47.6 Å². The summed E-state index contributed by atoms with van der Waals surface area (Å²) in [4.78, 5) is 8.40. The summed E-state index contributed by atoms with van der Waals surface area (Å²) < 4.78 is 37.7. The number of benzene rings is 1. The van der Waals surface area contributed by atoms with Crippen molar-refractivity contribution in [2.45, 2.75) is 26.2 Å². The monoisotopic (exact) mass is 498 g/mol. The van der Waals surface area contributed by atoms with E-state index in [2.05, 4.69) is 20.6 Å². The molecule has 0 amide bonds. The van der Waals surface area contributed by atoms with Crippen LogP contribution in [0.25, 0.3) is 0 Å². The van der Waals surface area contributed by atoms with E-state index in [1.54, 1.807) is 12.3 Å². The third-order valence-corrected chi connectivity index (χ3v) is 3.52. The van der Waals surface area contributed by atoms with E-state index in [4.69, 9.17) is 11.6 Å². The lowest BCUT2D eigenvalue weighted by Gasteiger charge is -2.12. The van der Waals surface area contributed by atoms with Gasteiger partial charge >= 0.3 is 6.18 Å². The number of guanidine groups is 1. The van der Waals surface area contributed by atoms with Crippen LogP contribution in [0.1, 0.15) is 23.6 Å². The molecule has 0 fully saturated rings. The van der Waals surface area contributed by atoms with E-state index in [-0.39, 0.29) is 24.0 Å². The van der Waals surface area contributed by atoms with Crippen LogP contribution in [0.5, 0.6) is 0 Å². The van der Waals surface area contributed by atoms with Crippen molar-refractivity contribution < 1.29 is 13.2 Å². The maximum atomic E-state index is 12.6. The highest BCUT2D eigenvalue weighted by molar-refractivity contribution is 14.0. The Morgan fingerprint density at radius 3 is 2.27 bits per heavy atom. The second-order valence-electron chi connectivity index (χ2n) is 5.23. The van der Waals surface area contributed by atoms with Crippen molar-refractivity contribution >= 4 is 41.5 Å². The van der Waals surface area contributed by atoms with Gasteiger partial charge in [-0.15, -0.1) is 24.0 Å². The fraction of sp³-hybridized carbons (Fsp3) is 0.294. The molecule has 0 aliphatic heterocycles. The fourth-order valence-corrected chi connectivity index (χ4v) is 2.12. The number of pyridine rings is 1. The van der Waals surface area contributed by atoms with E-state index in [1.807, 2.05) is 13.0 Å². The zero-order valence-electron chi connectivity index (χ0n) is 14.0. The molecular weight excluding hydrogens is 480 g/mol. The van der Waals surface area contributed by atoms with Gasteiger partial charge in [0.2, 0.25) is 0 Å². The van der Waals surface area contributed by atoms with Gasteiger partial charge < -0.3 is 10.6 Å². The predicted octanol–water partition coefficient (Wildman–Crippen LogP) is 4.63. The predicted molar refractivity (Wildman–Crippen MR) is 108 cm³/mol. The summed E-state index contributed by atoms with van der Waals surface area (Å²) in [5, 5.41) is 6.59. The molecule has 4 nitrogen and oxygen atoms in total. The van der Waals surface area contributed by atoms with E-state index in [0.29, 0.717) is 30.7 Å². The number of aliphatic imine (C=N–C) groups is 1. The summed E-state index contributed by atoms with van der Waals surface area (Å²) in [6.07, 6.45) is -2.68. The summed E-state index contributed by atoms with van der Waals surface area (Å²) in [6.45, 7) is 3.37. The quantitative estimate of drug-likeness (QED) is 0.274. The van der Waals surface area contributed by atoms with Crippen molar-refractivity contribution in [2.24, 2.45) is 4.99 Å². The number of hydrogen-bond acceptors (Lipinski definition) is 2. The molecule has 0 saturated heterocycles. The van der Waals surface area contributed by atoms with Crippen LogP contribution in [0.3, 0.4) is 0 Å². The van der Waals surface area contributed by atoms with E-state index >= 15 is 0 Å². The third kappa shape index (κ3) is 7.36. The van der Waals surface area contributed by atoms with Crippen LogP contribution in [0, 0.1) is 0 Å². The molecule has 1 aromatic carbocycles. The van der Waals surface area contributed by atoms with E-state index < -0.39 is 11.7 Å². The largest absolute Gasteiger partial charge is 0.416 e. The van der Waals surface area contributed by atoms with Crippen LogP contribution < -0.4 is 10.6 Å². The highest BCUT2D eigenvalue weighted by Gasteiger charge is 2.29. The molecule has 2 aromatic rings. The van der Waals surface area contributed by atoms with Gasteiger partial charge in [-0.2, -0.15) is 13.2 Å². The molecule has 0 unspecified atom stereocenters. The number of rotatable bonds is 5. The molecule has 2 N–H and O–H groups in total. The van der Waals surface area contributed by atoms with Crippen molar-refractivity contribution in [3.63, 3.8) is 0 Å². The van der Waals surface area contributed by atoms with Gasteiger partial charge in [0.25, 0.3) is 0 Å². The van der Waals surface area contributed by atoms with Crippen LogP contribution >= 0.6 is 35.6 Å². The zero-order valence-corrected chi connectivity index (χ0v) is 17.1. The summed E-state index contributed by atoms with van der Waals surface area (Å²) in [7, 11) is 0. The molecule has 0 aliphatic rings. The first-order valence-corrected chi connectivity index (χ1v) is 8.05. The molecule has 0 spiro atoms. The molecule has 0 atom stereocenters. The molecule has 9 heteroatoms. The normalized spacial score (nSPS) is 11.7. The molecule has 2 rings (SSSR count). The standard InChI is InChI=1S/C17H18ClF3N4.HI/c1-2-22-16(25-11-13-5-8-15(18)23-10-13)24-9-12-3-6-14(7-4-12)17(19,20)21;/h3-8,10H,2,9,11H2,1H3,(H2,22,24,25);1H. The maximum Gasteiger partial charge on any atom is 0.416 e. The van der Waals surface area contributed by atoms with Gasteiger partial charge in [-0.25, -0.2) is 9.98 Å². The summed E-state index contributed by atoms with van der Waals surface area (Å²) in [5.74, 6) is 0.567. The number of nitrogens with zero attached hydrogens (tertiary/aromatic N) is 2. The average Bonchev–Trinajstić information content (AvgIpc) is 2.58. The number of aromatic nitrogens is 1. The zero-order chi connectivity index (χ0) is 18.3. The van der Waals surface area contributed by atoms with E-state index in [1.165, 1.54) is 12.1 Å². The summed E-state index contributed by atoms with van der Waals surface area (Å²) >= 11 is 5.74. The minimum atomic E-state index is -4.32. The second kappa shape index (κ2) is 10.6. The lowest BCUT2D eigenvalue weighted by atomic mass is 10.1. The Balaban J connectivity index is 0.00000338. The first-order valence-electron chi connectivity index (χ1n) is 7.67. The summed E-state index contributed by atoms with van der Waals surface area (Å²) in [6, 6.07) is 8.55. The molecule has 0 bridgehead atoms. The molecule has 1 heterocycles. The minimum Gasteiger partial charge on any atom is -0.357 e. The lowest BCUT2D eigenvalue weighted by molar-refractivity contribution is -0.137. The Morgan fingerprint density at radius 1 is 1.08 bits per heavy atom. The highest BCUT2D eigenvalue weighted by atomic mass is 127. The first-order chi connectivity index (χ1) is 11.9. The number of alkyl halides is 3. The molecule has 142 valence electrons. The molecule has 0 saturated carbocycles. The van der Waals surface area contributed by atoms with Crippen molar-refractivity contribution in [3.8, 4) is 0 Å². The van der Waals surface area contributed by atoms with Gasteiger partial charge in [0.1, 0.15) is 5.15 Å². The van der Waals surface area contributed by atoms with Gasteiger partial charge in [0.15, 0.2) is 5.96 Å². The van der Waals surface area contributed by atoms with E-state index in [0.717, 1.165) is 23.3 Å². The number of halogens is 5. The van der Waals surface area contributed by atoms with Gasteiger partial charge in [-0.1, -0.05) is 29.8 Å². The van der Waals surface area contributed by atoms with Gasteiger partial charge in [-0.05, 0) is 36.2 Å². The van der Waals surface area contributed by atoms with Crippen LogP contribution in [-0.4, -0.2) is 17.5 Å². The van der Waals surface area contributed by atoms with Gasteiger partial charge in [0.05, 0.1) is 12.1 Å². The maximum absolute atomic E-state index is 12.6. The summed E-state index contributed by atoms with van der Waals surface area (Å²) in [5.41, 5.74) is 0.968. The third-order valence-electron chi connectivity index (χ3n) is 3.29. The number of hydrogen-bond donors (Lipinski definition) is 2. The molecule has 26 heavy (non-hydrogen) atoms. The van der Waals surface area contributed by atoms with Crippen molar-refractivity contribution in [2.75, 3.05) is 6.54 Å². The Morgan fingerprint density at radius 2 is 1.73 bits per heavy atom. The Hall–Kier alpha value is -1.55. The Kier molecular flexibility index (Phi) is 9.14. The van der Waals surface area contributed by atoms with Crippen molar-refractivity contribution in [3.05, 3.63) is 64.4 Å². The Bertz CT molecular complexity index is 703. The lowest BCUT2D eigenvalue weighted by Crippen LogP contribution is -2.36.